The Morgan fingerprint density at radius 2 is 2.18 bits per heavy atom. The second-order valence-electron chi connectivity index (χ2n) is 4.70. The summed E-state index contributed by atoms with van der Waals surface area (Å²) in [6, 6.07) is 9.75. The molecule has 0 aliphatic carbocycles. The molecule has 1 amide bonds. The van der Waals surface area contributed by atoms with E-state index < -0.39 is 0 Å². The van der Waals surface area contributed by atoms with Crippen molar-refractivity contribution in [3.05, 3.63) is 29.8 Å². The fourth-order valence-corrected chi connectivity index (χ4v) is 2.47. The number of rotatable bonds is 6. The Hall–Kier alpha value is -2.33. The summed E-state index contributed by atoms with van der Waals surface area (Å²) in [5.74, 6) is 0.582. The number of aromatic nitrogens is 2. The Labute approximate surface area is 133 Å². The maximum atomic E-state index is 11.9. The zero-order valence-corrected chi connectivity index (χ0v) is 13.3. The van der Waals surface area contributed by atoms with Crippen LogP contribution in [-0.4, -0.2) is 40.3 Å². The van der Waals surface area contributed by atoms with Gasteiger partial charge < -0.3 is 9.32 Å². The Kier molecular flexibility index (Phi) is 5.55. The molecular weight excluding hydrogens is 300 g/mol. The molecule has 6 nitrogen and oxygen atoms in total. The van der Waals surface area contributed by atoms with Crippen molar-refractivity contribution in [2.24, 2.45) is 0 Å². The van der Waals surface area contributed by atoms with Crippen molar-refractivity contribution in [3.8, 4) is 17.5 Å². The summed E-state index contributed by atoms with van der Waals surface area (Å²) in [5, 5.41) is 16.8. The molecule has 114 valence electrons. The van der Waals surface area contributed by atoms with E-state index in [1.807, 2.05) is 37.3 Å². The van der Waals surface area contributed by atoms with Crippen LogP contribution < -0.4 is 0 Å². The van der Waals surface area contributed by atoms with Gasteiger partial charge in [0.1, 0.15) is 0 Å². The van der Waals surface area contributed by atoms with Gasteiger partial charge in [-0.15, -0.1) is 10.2 Å². The zero-order valence-electron chi connectivity index (χ0n) is 12.4. The van der Waals surface area contributed by atoms with Gasteiger partial charge in [0.05, 0.1) is 18.2 Å². The Morgan fingerprint density at radius 3 is 2.91 bits per heavy atom. The highest BCUT2D eigenvalue weighted by atomic mass is 32.2. The van der Waals surface area contributed by atoms with Crippen LogP contribution >= 0.6 is 11.8 Å². The molecule has 7 heteroatoms. The van der Waals surface area contributed by atoms with Crippen LogP contribution in [0.4, 0.5) is 0 Å². The lowest BCUT2D eigenvalue weighted by atomic mass is 10.1. The maximum Gasteiger partial charge on any atom is 0.277 e. The molecule has 1 aromatic carbocycles. The summed E-state index contributed by atoms with van der Waals surface area (Å²) in [6.45, 7) is 2.40. The van der Waals surface area contributed by atoms with Gasteiger partial charge in [-0.2, -0.15) is 5.26 Å². The summed E-state index contributed by atoms with van der Waals surface area (Å²) in [7, 11) is 1.67. The first-order valence-corrected chi connectivity index (χ1v) is 7.73. The number of aryl methyl sites for hydroxylation is 1. The van der Waals surface area contributed by atoms with E-state index in [2.05, 4.69) is 10.2 Å². The summed E-state index contributed by atoms with van der Waals surface area (Å²) in [6.07, 6.45) is 0.324. The lowest BCUT2D eigenvalue weighted by molar-refractivity contribution is -0.127. The van der Waals surface area contributed by atoms with Crippen LogP contribution in [0.3, 0.4) is 0 Å². The van der Waals surface area contributed by atoms with Crippen LogP contribution in [0.1, 0.15) is 12.0 Å². The van der Waals surface area contributed by atoms with Crippen molar-refractivity contribution >= 4 is 17.7 Å². The molecule has 0 saturated heterocycles. The van der Waals surface area contributed by atoms with E-state index in [1.54, 1.807) is 7.05 Å². The molecule has 0 radical (unpaired) electrons. The second kappa shape index (κ2) is 7.61. The SMILES string of the molecule is Cc1ccccc1-c1nnc(SCC(=O)N(C)CCC#N)o1. The van der Waals surface area contributed by atoms with Crippen molar-refractivity contribution in [1.82, 2.24) is 15.1 Å². The molecule has 0 saturated carbocycles. The molecule has 2 rings (SSSR count). The van der Waals surface area contributed by atoms with Gasteiger partial charge in [0.25, 0.3) is 5.22 Å². The van der Waals surface area contributed by atoms with Gasteiger partial charge in [0.15, 0.2) is 0 Å². The van der Waals surface area contributed by atoms with Gasteiger partial charge in [0, 0.05) is 19.2 Å². The molecule has 0 fully saturated rings. The van der Waals surface area contributed by atoms with E-state index in [0.717, 1.165) is 11.1 Å². The van der Waals surface area contributed by atoms with E-state index >= 15 is 0 Å². The molecule has 0 bridgehead atoms. The van der Waals surface area contributed by atoms with Crippen LogP contribution in [0.15, 0.2) is 33.9 Å². The average Bonchev–Trinajstić information content (AvgIpc) is 2.99. The second-order valence-corrected chi connectivity index (χ2v) is 5.63. The maximum absolute atomic E-state index is 11.9. The number of nitriles is 1. The Balaban J connectivity index is 1.94. The molecule has 1 aromatic heterocycles. The van der Waals surface area contributed by atoms with Crippen LogP contribution in [0.2, 0.25) is 0 Å². The molecule has 1 heterocycles. The smallest absolute Gasteiger partial charge is 0.277 e. The van der Waals surface area contributed by atoms with Gasteiger partial charge in [-0.3, -0.25) is 4.79 Å². The highest BCUT2D eigenvalue weighted by Gasteiger charge is 2.14. The van der Waals surface area contributed by atoms with Crippen molar-refractivity contribution in [2.75, 3.05) is 19.3 Å². The van der Waals surface area contributed by atoms with Crippen molar-refractivity contribution < 1.29 is 9.21 Å². The fourth-order valence-electron chi connectivity index (χ4n) is 1.77. The summed E-state index contributed by atoms with van der Waals surface area (Å²) >= 11 is 1.20. The standard InChI is InChI=1S/C15H16N4O2S/c1-11-6-3-4-7-12(11)14-17-18-15(21-14)22-10-13(20)19(2)9-5-8-16/h3-4,6-7H,5,9-10H2,1-2H3. The van der Waals surface area contributed by atoms with Crippen LogP contribution in [0, 0.1) is 18.3 Å². The van der Waals surface area contributed by atoms with Gasteiger partial charge in [-0.25, -0.2) is 0 Å². The molecule has 0 N–H and O–H groups in total. The van der Waals surface area contributed by atoms with Gasteiger partial charge in [-0.1, -0.05) is 30.0 Å². The largest absolute Gasteiger partial charge is 0.411 e. The Bertz CT molecular complexity index is 693. The number of benzene rings is 1. The van der Waals surface area contributed by atoms with Crippen molar-refractivity contribution in [2.45, 2.75) is 18.6 Å². The summed E-state index contributed by atoms with van der Waals surface area (Å²) in [5.41, 5.74) is 1.94. The molecule has 0 atom stereocenters. The van der Waals surface area contributed by atoms with Gasteiger partial charge in [0.2, 0.25) is 11.8 Å². The third-order valence-electron chi connectivity index (χ3n) is 3.09. The predicted molar refractivity (Wildman–Crippen MR) is 83.1 cm³/mol. The first kappa shape index (κ1) is 16.0. The van der Waals surface area contributed by atoms with E-state index in [1.165, 1.54) is 16.7 Å². The van der Waals surface area contributed by atoms with Gasteiger partial charge >= 0.3 is 0 Å². The fraction of sp³-hybridized carbons (Fsp3) is 0.333. The third kappa shape index (κ3) is 4.09. The molecule has 2 aromatic rings. The number of carbonyl (C=O) groups excluding carboxylic acids is 1. The van der Waals surface area contributed by atoms with Crippen molar-refractivity contribution in [3.63, 3.8) is 0 Å². The first-order chi connectivity index (χ1) is 10.6. The van der Waals surface area contributed by atoms with E-state index in [4.69, 9.17) is 9.68 Å². The van der Waals surface area contributed by atoms with E-state index in [-0.39, 0.29) is 11.7 Å². The minimum Gasteiger partial charge on any atom is -0.411 e. The quantitative estimate of drug-likeness (QED) is 0.761. The zero-order chi connectivity index (χ0) is 15.9. The number of amides is 1. The summed E-state index contributed by atoms with van der Waals surface area (Å²) < 4.78 is 5.58. The third-order valence-corrected chi connectivity index (χ3v) is 3.89. The molecule has 0 unspecified atom stereocenters. The van der Waals surface area contributed by atoms with E-state index in [9.17, 15) is 4.79 Å². The minimum absolute atomic E-state index is 0.0732. The minimum atomic E-state index is -0.0732. The molecule has 22 heavy (non-hydrogen) atoms. The van der Waals surface area contributed by atoms with Crippen molar-refractivity contribution in [1.29, 1.82) is 5.26 Å². The molecule has 0 aliphatic rings. The van der Waals surface area contributed by atoms with Crippen LogP contribution in [0.25, 0.3) is 11.5 Å². The summed E-state index contributed by atoms with van der Waals surface area (Å²) in [4.78, 5) is 13.4. The van der Waals surface area contributed by atoms with E-state index in [0.29, 0.717) is 24.1 Å². The topological polar surface area (TPSA) is 83.0 Å². The van der Waals surface area contributed by atoms with Crippen LogP contribution in [0.5, 0.6) is 0 Å². The number of thioether (sulfide) groups is 1. The monoisotopic (exact) mass is 316 g/mol. The number of hydrogen-bond donors (Lipinski definition) is 0. The van der Waals surface area contributed by atoms with Crippen LogP contribution in [-0.2, 0) is 4.79 Å². The highest BCUT2D eigenvalue weighted by molar-refractivity contribution is 7.99. The lowest BCUT2D eigenvalue weighted by Gasteiger charge is -2.13. The molecule has 0 spiro atoms. The van der Waals surface area contributed by atoms with Gasteiger partial charge in [-0.05, 0) is 18.6 Å². The highest BCUT2D eigenvalue weighted by Crippen LogP contribution is 2.25. The molecule has 0 aliphatic heterocycles. The average molecular weight is 316 g/mol. The lowest BCUT2D eigenvalue weighted by Crippen LogP contribution is -2.29. The molecular formula is C15H16N4O2S. The number of carbonyl (C=O) groups is 1. The normalized spacial score (nSPS) is 10.2. The predicted octanol–water partition coefficient (Wildman–Crippen LogP) is 2.51. The first-order valence-electron chi connectivity index (χ1n) is 6.75. The number of nitrogens with zero attached hydrogens (tertiary/aromatic N) is 4. The number of hydrogen-bond acceptors (Lipinski definition) is 6. The Morgan fingerprint density at radius 1 is 1.41 bits per heavy atom.